The number of ether oxygens (including phenoxy) is 2. The van der Waals surface area contributed by atoms with Crippen LogP contribution in [0.3, 0.4) is 0 Å². The predicted molar refractivity (Wildman–Crippen MR) is 80.8 cm³/mol. The fourth-order valence-electron chi connectivity index (χ4n) is 3.39. The maximum Gasteiger partial charge on any atom is 0.165 e. The Morgan fingerprint density at radius 3 is 2.65 bits per heavy atom. The Bertz CT molecular complexity index is 464. The first-order valence-electron chi connectivity index (χ1n) is 7.88. The Hall–Kier alpha value is -1.22. The number of fused-ring (bicyclic) bond motifs is 1. The summed E-state index contributed by atoms with van der Waals surface area (Å²) in [6.07, 6.45) is 3.74. The van der Waals surface area contributed by atoms with Crippen molar-refractivity contribution in [3.05, 3.63) is 23.3 Å². The molecule has 1 saturated heterocycles. The molecule has 0 unspecified atom stereocenters. The van der Waals surface area contributed by atoms with Gasteiger partial charge in [0.2, 0.25) is 0 Å². The van der Waals surface area contributed by atoms with Gasteiger partial charge < -0.3 is 14.8 Å². The van der Waals surface area contributed by atoms with Gasteiger partial charge in [0.15, 0.2) is 11.5 Å². The lowest BCUT2D eigenvalue weighted by molar-refractivity contribution is 0.169. The van der Waals surface area contributed by atoms with Crippen molar-refractivity contribution in [2.24, 2.45) is 5.92 Å². The molecule has 0 bridgehead atoms. The fraction of sp³-hybridized carbons (Fsp3) is 0.647. The molecular formula is C17H25NO2. The van der Waals surface area contributed by atoms with E-state index in [-0.39, 0.29) is 0 Å². The normalized spacial score (nSPS) is 19.4. The van der Waals surface area contributed by atoms with E-state index in [1.165, 1.54) is 30.4 Å². The third-order valence-electron chi connectivity index (χ3n) is 4.38. The van der Waals surface area contributed by atoms with E-state index >= 15 is 0 Å². The molecule has 2 aliphatic heterocycles. The summed E-state index contributed by atoms with van der Waals surface area (Å²) in [6, 6.07) is 4.35. The molecule has 1 N–H and O–H groups in total. The molecule has 3 heteroatoms. The van der Waals surface area contributed by atoms with Crippen molar-refractivity contribution < 1.29 is 9.47 Å². The molecule has 1 fully saturated rings. The second-order valence-corrected chi connectivity index (χ2v) is 6.21. The highest BCUT2D eigenvalue weighted by Crippen LogP contribution is 2.41. The minimum absolute atomic E-state index is 0.475. The Morgan fingerprint density at radius 1 is 1.15 bits per heavy atom. The van der Waals surface area contributed by atoms with Crippen LogP contribution in [0, 0.1) is 5.92 Å². The number of benzene rings is 1. The summed E-state index contributed by atoms with van der Waals surface area (Å²) in [5.74, 6) is 3.20. The highest BCUT2D eigenvalue weighted by molar-refractivity contribution is 5.53. The number of nitrogens with one attached hydrogen (secondary N) is 1. The summed E-state index contributed by atoms with van der Waals surface area (Å²) in [7, 11) is 0. The van der Waals surface area contributed by atoms with E-state index in [0.717, 1.165) is 30.5 Å². The van der Waals surface area contributed by atoms with Gasteiger partial charge in [0.1, 0.15) is 13.2 Å². The Morgan fingerprint density at radius 2 is 1.90 bits per heavy atom. The fourth-order valence-corrected chi connectivity index (χ4v) is 3.39. The lowest BCUT2D eigenvalue weighted by atomic mass is 9.86. The van der Waals surface area contributed by atoms with Crippen LogP contribution in [0.4, 0.5) is 0 Å². The van der Waals surface area contributed by atoms with E-state index in [1.807, 2.05) is 0 Å². The zero-order valence-corrected chi connectivity index (χ0v) is 12.6. The van der Waals surface area contributed by atoms with E-state index in [4.69, 9.17) is 9.47 Å². The molecule has 3 nitrogen and oxygen atoms in total. The first-order valence-corrected chi connectivity index (χ1v) is 7.88. The summed E-state index contributed by atoms with van der Waals surface area (Å²) >= 11 is 0. The Balaban J connectivity index is 1.89. The SMILES string of the molecule is CC(C)c1c(CC2CCNCC2)ccc2c1OCCO2. The van der Waals surface area contributed by atoms with Gasteiger partial charge in [0, 0.05) is 5.56 Å². The van der Waals surface area contributed by atoms with Crippen LogP contribution in [0.2, 0.25) is 0 Å². The predicted octanol–water partition coefficient (Wildman–Crippen LogP) is 3.12. The average Bonchev–Trinajstić information content (AvgIpc) is 2.47. The summed E-state index contributed by atoms with van der Waals surface area (Å²) < 4.78 is 11.6. The minimum Gasteiger partial charge on any atom is -0.486 e. The molecule has 2 heterocycles. The molecule has 1 aromatic carbocycles. The first kappa shape index (κ1) is 13.7. The molecule has 0 aromatic heterocycles. The van der Waals surface area contributed by atoms with E-state index in [9.17, 15) is 0 Å². The van der Waals surface area contributed by atoms with Gasteiger partial charge in [0.25, 0.3) is 0 Å². The van der Waals surface area contributed by atoms with Crippen LogP contribution in [0.1, 0.15) is 43.7 Å². The molecule has 3 rings (SSSR count). The standard InChI is InChI=1S/C17H25NO2/c1-12(2)16-14(11-13-5-7-18-8-6-13)3-4-15-17(16)20-10-9-19-15/h3-4,12-13,18H,5-11H2,1-2H3. The zero-order chi connectivity index (χ0) is 13.9. The minimum atomic E-state index is 0.475. The highest BCUT2D eigenvalue weighted by Gasteiger charge is 2.23. The second-order valence-electron chi connectivity index (χ2n) is 6.21. The van der Waals surface area contributed by atoms with Crippen molar-refractivity contribution in [1.29, 1.82) is 0 Å². The highest BCUT2D eigenvalue weighted by atomic mass is 16.6. The molecule has 0 aliphatic carbocycles. The third-order valence-corrected chi connectivity index (χ3v) is 4.38. The van der Waals surface area contributed by atoms with Crippen molar-refractivity contribution >= 4 is 0 Å². The maximum absolute atomic E-state index is 5.91. The lowest BCUT2D eigenvalue weighted by Gasteiger charge is -2.28. The van der Waals surface area contributed by atoms with Crippen molar-refractivity contribution in [2.75, 3.05) is 26.3 Å². The quantitative estimate of drug-likeness (QED) is 0.919. The summed E-state index contributed by atoms with van der Waals surface area (Å²) in [5, 5.41) is 3.44. The van der Waals surface area contributed by atoms with Crippen molar-refractivity contribution in [1.82, 2.24) is 5.32 Å². The van der Waals surface area contributed by atoms with Crippen LogP contribution in [0.15, 0.2) is 12.1 Å². The van der Waals surface area contributed by atoms with Crippen molar-refractivity contribution in [3.63, 3.8) is 0 Å². The maximum atomic E-state index is 5.91. The Kier molecular flexibility index (Phi) is 4.16. The Labute approximate surface area is 121 Å². The molecule has 1 aromatic rings. The number of rotatable bonds is 3. The topological polar surface area (TPSA) is 30.5 Å². The first-order chi connectivity index (χ1) is 9.75. The van der Waals surface area contributed by atoms with E-state index in [1.54, 1.807) is 0 Å². The van der Waals surface area contributed by atoms with Gasteiger partial charge >= 0.3 is 0 Å². The second kappa shape index (κ2) is 6.04. The van der Waals surface area contributed by atoms with Crippen LogP contribution in [-0.2, 0) is 6.42 Å². The van der Waals surface area contributed by atoms with E-state index < -0.39 is 0 Å². The van der Waals surface area contributed by atoms with Gasteiger partial charge in [-0.25, -0.2) is 0 Å². The van der Waals surface area contributed by atoms with Crippen LogP contribution >= 0.6 is 0 Å². The van der Waals surface area contributed by atoms with Crippen molar-refractivity contribution in [2.45, 2.75) is 39.0 Å². The van der Waals surface area contributed by atoms with Crippen LogP contribution < -0.4 is 14.8 Å². The summed E-state index contributed by atoms with van der Waals surface area (Å²) in [6.45, 7) is 8.15. The van der Waals surface area contributed by atoms with Gasteiger partial charge in [-0.05, 0) is 55.8 Å². The van der Waals surface area contributed by atoms with Crippen LogP contribution in [0.25, 0.3) is 0 Å². The lowest BCUT2D eigenvalue weighted by Crippen LogP contribution is -2.29. The molecule has 0 radical (unpaired) electrons. The molecule has 0 amide bonds. The molecule has 0 atom stereocenters. The largest absolute Gasteiger partial charge is 0.486 e. The van der Waals surface area contributed by atoms with Crippen LogP contribution in [0.5, 0.6) is 11.5 Å². The molecule has 2 aliphatic rings. The molecule has 0 spiro atoms. The van der Waals surface area contributed by atoms with Gasteiger partial charge in [-0.15, -0.1) is 0 Å². The molecule has 20 heavy (non-hydrogen) atoms. The smallest absolute Gasteiger partial charge is 0.165 e. The van der Waals surface area contributed by atoms with E-state index in [0.29, 0.717) is 19.1 Å². The zero-order valence-electron chi connectivity index (χ0n) is 12.6. The van der Waals surface area contributed by atoms with E-state index in [2.05, 4.69) is 31.3 Å². The number of hydrogen-bond donors (Lipinski definition) is 1. The molecular weight excluding hydrogens is 250 g/mol. The van der Waals surface area contributed by atoms with Crippen molar-refractivity contribution in [3.8, 4) is 11.5 Å². The van der Waals surface area contributed by atoms with Gasteiger partial charge in [0.05, 0.1) is 0 Å². The monoisotopic (exact) mass is 275 g/mol. The average molecular weight is 275 g/mol. The van der Waals surface area contributed by atoms with Crippen LogP contribution in [-0.4, -0.2) is 26.3 Å². The number of hydrogen-bond acceptors (Lipinski definition) is 3. The summed E-state index contributed by atoms with van der Waals surface area (Å²) in [5.41, 5.74) is 2.82. The van der Waals surface area contributed by atoms with Gasteiger partial charge in [-0.1, -0.05) is 19.9 Å². The molecule has 110 valence electrons. The number of piperidine rings is 1. The third kappa shape index (κ3) is 2.78. The summed E-state index contributed by atoms with van der Waals surface area (Å²) in [4.78, 5) is 0. The molecule has 0 saturated carbocycles. The van der Waals surface area contributed by atoms with Gasteiger partial charge in [-0.3, -0.25) is 0 Å². The van der Waals surface area contributed by atoms with Gasteiger partial charge in [-0.2, -0.15) is 0 Å².